The van der Waals surface area contributed by atoms with Crippen molar-refractivity contribution in [3.63, 3.8) is 0 Å². The number of epoxide rings is 1. The van der Waals surface area contributed by atoms with Crippen LogP contribution in [0, 0.1) is 5.92 Å². The van der Waals surface area contributed by atoms with Crippen molar-refractivity contribution >= 4 is 57.5 Å². The van der Waals surface area contributed by atoms with Crippen LogP contribution in [0.3, 0.4) is 0 Å². The largest absolute Gasteiger partial charge is 0.495 e. The number of fused-ring (bicyclic) bond motifs is 6. The summed E-state index contributed by atoms with van der Waals surface area (Å²) in [6.45, 7) is 9.52. The van der Waals surface area contributed by atoms with Crippen molar-refractivity contribution in [1.82, 2.24) is 4.98 Å². The molecule has 0 unspecified atom stereocenters. The number of rotatable bonds is 4. The summed E-state index contributed by atoms with van der Waals surface area (Å²) >= 11 is 6.76. The van der Waals surface area contributed by atoms with Gasteiger partial charge in [0, 0.05) is 37.6 Å². The number of nitrogens with two attached hydrogens (primary N) is 1. The van der Waals surface area contributed by atoms with Gasteiger partial charge in [0.2, 0.25) is 5.91 Å². The summed E-state index contributed by atoms with van der Waals surface area (Å²) in [5.74, 6) is -1.08. The lowest BCUT2D eigenvalue weighted by molar-refractivity contribution is -0.187. The van der Waals surface area contributed by atoms with Gasteiger partial charge in [0.05, 0.1) is 49.1 Å². The van der Waals surface area contributed by atoms with E-state index < -0.39 is 59.5 Å². The first-order valence-corrected chi connectivity index (χ1v) is 18.7. The number of amides is 2. The van der Waals surface area contributed by atoms with E-state index in [1.165, 1.54) is 25.3 Å². The van der Waals surface area contributed by atoms with Gasteiger partial charge in [-0.25, -0.2) is 4.79 Å². The van der Waals surface area contributed by atoms with Gasteiger partial charge in [0.25, 0.3) is 0 Å². The van der Waals surface area contributed by atoms with Crippen molar-refractivity contribution in [3.8, 4) is 5.75 Å². The molecule has 2 amide bonds. The van der Waals surface area contributed by atoms with Gasteiger partial charge < -0.3 is 39.4 Å². The molecule has 14 heteroatoms. The number of ether oxygens (including phenoxy) is 5. The Balaban J connectivity index is 0.00000285. The van der Waals surface area contributed by atoms with E-state index in [-0.39, 0.29) is 24.3 Å². The van der Waals surface area contributed by atoms with E-state index in [1.807, 2.05) is 39.8 Å². The Hall–Kier alpha value is -4.69. The van der Waals surface area contributed by atoms with Gasteiger partial charge in [-0.15, -0.1) is 0 Å². The van der Waals surface area contributed by atoms with Gasteiger partial charge in [-0.1, -0.05) is 62.2 Å². The molecule has 13 nitrogen and oxygen atoms in total. The maximum absolute atomic E-state index is 14.1. The lowest BCUT2D eigenvalue weighted by atomic mass is 9.78. The first-order valence-electron chi connectivity index (χ1n) is 18.4. The third-order valence-corrected chi connectivity index (χ3v) is 10.8. The predicted molar refractivity (Wildman–Crippen MR) is 211 cm³/mol. The molecule has 2 saturated heterocycles. The molecule has 0 spiro atoms. The van der Waals surface area contributed by atoms with Crippen molar-refractivity contribution in [2.45, 2.75) is 95.9 Å². The fourth-order valence-corrected chi connectivity index (χ4v) is 7.66. The topological polar surface area (TPSA) is 175 Å². The third-order valence-electron chi connectivity index (χ3n) is 10.4. The molecule has 4 heterocycles. The van der Waals surface area contributed by atoms with Crippen molar-refractivity contribution in [3.05, 3.63) is 77.0 Å². The molecule has 0 radical (unpaired) electrons. The van der Waals surface area contributed by atoms with Crippen LogP contribution < -0.4 is 20.7 Å². The number of carbonyl (C=O) groups excluding carboxylic acids is 3. The number of anilines is 3. The van der Waals surface area contributed by atoms with Gasteiger partial charge in [-0.2, -0.15) is 0 Å². The summed E-state index contributed by atoms with van der Waals surface area (Å²) in [4.78, 5) is 46.4. The smallest absolute Gasteiger partial charge is 0.412 e. The molecule has 55 heavy (non-hydrogen) atoms. The molecular weight excluding hydrogens is 728 g/mol. The summed E-state index contributed by atoms with van der Waals surface area (Å²) in [5.41, 5.74) is 6.91. The molecule has 3 aromatic rings. The van der Waals surface area contributed by atoms with Crippen LogP contribution >= 0.6 is 11.6 Å². The van der Waals surface area contributed by atoms with Gasteiger partial charge in [-0.05, 0) is 56.2 Å². The molecule has 2 fully saturated rings. The minimum absolute atomic E-state index is 0.0693. The van der Waals surface area contributed by atoms with Gasteiger partial charge in [0.1, 0.15) is 40.3 Å². The second kappa shape index (κ2) is 17.0. The molecule has 0 saturated carbocycles. The average Bonchev–Trinajstić information content (AvgIpc) is 3.85. The van der Waals surface area contributed by atoms with E-state index in [2.05, 4.69) is 10.3 Å². The van der Waals surface area contributed by atoms with E-state index in [9.17, 15) is 19.5 Å². The highest BCUT2D eigenvalue weighted by atomic mass is 35.5. The summed E-state index contributed by atoms with van der Waals surface area (Å²) in [5, 5.41) is 15.5. The molecule has 3 aliphatic heterocycles. The Bertz CT molecular complexity index is 1990. The number of halogens is 1. The van der Waals surface area contributed by atoms with Crippen molar-refractivity contribution in [2.75, 3.05) is 37.2 Å². The number of nitrogens with zero attached hydrogens (tertiary/aromatic N) is 2. The molecule has 4 bridgehead atoms. The zero-order valence-corrected chi connectivity index (χ0v) is 33.3. The zero-order chi connectivity index (χ0) is 40.2. The summed E-state index contributed by atoms with van der Waals surface area (Å²) in [6.07, 6.45) is 2.73. The van der Waals surface area contributed by atoms with Crippen LogP contribution in [0.4, 0.5) is 21.9 Å². The summed E-state index contributed by atoms with van der Waals surface area (Å²) in [7, 11) is 4.57. The number of benzene rings is 2. The van der Waals surface area contributed by atoms with Crippen molar-refractivity contribution < 1.29 is 43.2 Å². The van der Waals surface area contributed by atoms with E-state index in [1.54, 1.807) is 56.5 Å². The van der Waals surface area contributed by atoms with Crippen LogP contribution in [0.2, 0.25) is 5.02 Å². The van der Waals surface area contributed by atoms with Crippen molar-refractivity contribution in [1.29, 1.82) is 0 Å². The number of allylic oxidation sites excluding steroid dienone is 3. The minimum atomic E-state index is -1.57. The number of esters is 1. The second-order valence-electron chi connectivity index (χ2n) is 14.3. The normalized spacial score (nSPS) is 29.7. The second-order valence-corrected chi connectivity index (χ2v) is 14.7. The highest BCUT2D eigenvalue weighted by Gasteiger charge is 2.64. The first-order chi connectivity index (χ1) is 26.1. The Labute approximate surface area is 326 Å². The summed E-state index contributed by atoms with van der Waals surface area (Å²) < 4.78 is 29.3. The number of nitrogen functional groups attached to an aromatic ring is 1. The monoisotopic (exact) mass is 778 g/mol. The summed E-state index contributed by atoms with van der Waals surface area (Å²) in [6, 6.07) is 10.6. The minimum Gasteiger partial charge on any atom is -0.495 e. The van der Waals surface area contributed by atoms with E-state index in [0.717, 1.165) is 16.5 Å². The lowest BCUT2D eigenvalue weighted by Crippen LogP contribution is -2.53. The molecular formula is C41H51ClN4O9. The standard InChI is InChI=1S/C39H45ClN4O9.C2H6/c1-21-8-7-9-31(50-6)39(48)18-30(51-34(46)19-39)22(2)36-38(3,53-36)32(17-33(45)44(4)28-13-23(12-21)14-29(49-5)35(28)40)52-37(47)43-26-15-24-10-11-25(41)16-27(24)42-20-26;1-2/h7-11,13-16,20,22,30-32,36,48H,12,17-19,41H2,1-6H3,(H,43,47);1-2H3/b9-7+,21-8+;/t22-,30+,31-,32+,36+,38+,39-;/m1./s1. The zero-order valence-electron chi connectivity index (χ0n) is 32.6. The number of hydrogen-bond acceptors (Lipinski definition) is 11. The maximum atomic E-state index is 14.1. The van der Waals surface area contributed by atoms with Crippen molar-refractivity contribution in [2.24, 2.45) is 5.92 Å². The Morgan fingerprint density at radius 1 is 1.16 bits per heavy atom. The molecule has 2 aromatic carbocycles. The fraction of sp³-hybridized carbons (Fsp3) is 0.463. The highest BCUT2D eigenvalue weighted by molar-refractivity contribution is 6.35. The number of carbonyl (C=O) groups is 3. The average molecular weight is 779 g/mol. The predicted octanol–water partition coefficient (Wildman–Crippen LogP) is 6.78. The molecule has 6 rings (SSSR count). The van der Waals surface area contributed by atoms with Crippen LogP contribution in [0.15, 0.2) is 66.4 Å². The number of aromatic nitrogens is 1. The van der Waals surface area contributed by atoms with Gasteiger partial charge >= 0.3 is 12.1 Å². The Morgan fingerprint density at radius 3 is 2.62 bits per heavy atom. The number of methoxy groups -OCH3 is 2. The Morgan fingerprint density at radius 2 is 1.91 bits per heavy atom. The van der Waals surface area contributed by atoms with Crippen LogP contribution in [0.1, 0.15) is 59.4 Å². The van der Waals surface area contributed by atoms with Gasteiger partial charge in [0.15, 0.2) is 0 Å². The molecule has 3 aliphatic rings. The number of hydrogen-bond donors (Lipinski definition) is 3. The van der Waals surface area contributed by atoms with Crippen LogP contribution in [0.25, 0.3) is 10.9 Å². The van der Waals surface area contributed by atoms with Gasteiger partial charge in [-0.3, -0.25) is 19.9 Å². The van der Waals surface area contributed by atoms with Crippen LogP contribution in [0.5, 0.6) is 5.75 Å². The van der Waals surface area contributed by atoms with E-state index in [4.69, 9.17) is 41.0 Å². The Kier molecular flexibility index (Phi) is 12.8. The number of nitrogens with one attached hydrogen (secondary N) is 1. The maximum Gasteiger partial charge on any atom is 0.412 e. The fourth-order valence-electron chi connectivity index (χ4n) is 7.34. The van der Waals surface area contributed by atoms with E-state index in [0.29, 0.717) is 34.7 Å². The molecule has 0 aliphatic carbocycles. The lowest BCUT2D eigenvalue weighted by Gasteiger charge is -2.41. The number of aliphatic hydroxyl groups is 1. The first kappa shape index (κ1) is 41.5. The quantitative estimate of drug-likeness (QED) is 0.145. The molecule has 4 N–H and O–H groups in total. The highest BCUT2D eigenvalue weighted by Crippen LogP contribution is 2.50. The molecule has 7 atom stereocenters. The van der Waals surface area contributed by atoms with Crippen LogP contribution in [-0.4, -0.2) is 84.9 Å². The molecule has 1 aromatic heterocycles. The third kappa shape index (κ3) is 9.07. The SMILES string of the molecule is CC.COc1cc2cc(c1Cl)N(C)C(=O)C[C@H](OC(=O)Nc1cnc3cc(N)ccc3c1)[C@]1(C)O[C@H]1[C@H](C)[C@@H]1C[C@@](O)(CC(=O)O1)[C@H](OC)/C=C/C=C(\C)C2. The number of pyridine rings is 1. The van der Waals surface area contributed by atoms with E-state index >= 15 is 0 Å². The molecule has 296 valence electrons. The van der Waals surface area contributed by atoms with Crippen LogP contribution in [-0.2, 0) is 35.0 Å².